The molecule has 0 aliphatic heterocycles. The molecule has 0 fully saturated rings. The van der Waals surface area contributed by atoms with Gasteiger partial charge in [0.2, 0.25) is 0 Å². The number of rotatable bonds is 6. The van der Waals surface area contributed by atoms with Gasteiger partial charge >= 0.3 is 0 Å². The molecule has 0 radical (unpaired) electrons. The van der Waals surface area contributed by atoms with Crippen molar-refractivity contribution in [3.63, 3.8) is 0 Å². The fourth-order valence-electron chi connectivity index (χ4n) is 1.88. The Morgan fingerprint density at radius 2 is 1.80 bits per heavy atom. The third kappa shape index (κ3) is 3.44. The van der Waals surface area contributed by atoms with Crippen LogP contribution in [0.2, 0.25) is 0 Å². The molecule has 0 aromatic heterocycles. The van der Waals surface area contributed by atoms with Crippen LogP contribution in [0.25, 0.3) is 11.1 Å². The van der Waals surface area contributed by atoms with Crippen LogP contribution < -0.4 is 4.74 Å². The van der Waals surface area contributed by atoms with Crippen LogP contribution in [-0.4, -0.2) is 12.9 Å². The fourth-order valence-corrected chi connectivity index (χ4v) is 1.88. The zero-order valence-electron chi connectivity index (χ0n) is 11.4. The summed E-state index contributed by atoms with van der Waals surface area (Å²) in [5.41, 5.74) is 1.71. The van der Waals surface area contributed by atoms with Crippen LogP contribution in [0.1, 0.15) is 30.1 Å². The Morgan fingerprint density at radius 3 is 2.40 bits per heavy atom. The Balaban J connectivity index is 2.13. The van der Waals surface area contributed by atoms with Gasteiger partial charge in [-0.15, -0.1) is 0 Å². The van der Waals surface area contributed by atoms with E-state index >= 15 is 0 Å². The van der Waals surface area contributed by atoms with Crippen LogP contribution in [0.5, 0.6) is 5.75 Å². The monoisotopic (exact) mass is 272 g/mol. The molecular formula is C17H17FO2. The largest absolute Gasteiger partial charge is 0.494 e. The highest BCUT2D eigenvalue weighted by atomic mass is 19.1. The number of halogens is 1. The second-order valence-corrected chi connectivity index (χ2v) is 4.58. The molecular weight excluding hydrogens is 255 g/mol. The summed E-state index contributed by atoms with van der Waals surface area (Å²) in [5, 5.41) is 0. The molecule has 0 saturated carbocycles. The van der Waals surface area contributed by atoms with Gasteiger partial charge in [0.25, 0.3) is 0 Å². The molecule has 0 aliphatic rings. The number of carbonyl (C=O) groups excluding carboxylic acids is 1. The maximum absolute atomic E-state index is 13.6. The molecule has 0 saturated heterocycles. The lowest BCUT2D eigenvalue weighted by molar-refractivity contribution is 0.112. The fraction of sp³-hybridized carbons (Fsp3) is 0.235. The molecule has 0 amide bonds. The summed E-state index contributed by atoms with van der Waals surface area (Å²) in [7, 11) is 0. The van der Waals surface area contributed by atoms with Crippen LogP contribution in [0, 0.1) is 5.82 Å². The van der Waals surface area contributed by atoms with E-state index in [1.807, 2.05) is 24.3 Å². The molecule has 3 heteroatoms. The molecule has 0 bridgehead atoms. The number of hydrogen-bond acceptors (Lipinski definition) is 2. The first-order valence-electron chi connectivity index (χ1n) is 6.72. The molecule has 2 aromatic carbocycles. The SMILES string of the molecule is CCCCOc1ccc(-c2ccc(C=O)c(F)c2)cc1. The lowest BCUT2D eigenvalue weighted by Crippen LogP contribution is -1.96. The molecule has 104 valence electrons. The van der Waals surface area contributed by atoms with Crippen molar-refractivity contribution in [2.45, 2.75) is 19.8 Å². The smallest absolute Gasteiger partial charge is 0.152 e. The topological polar surface area (TPSA) is 26.3 Å². The predicted molar refractivity (Wildman–Crippen MR) is 77.6 cm³/mol. The molecule has 0 atom stereocenters. The van der Waals surface area contributed by atoms with Crippen molar-refractivity contribution < 1.29 is 13.9 Å². The summed E-state index contributed by atoms with van der Waals surface area (Å²) in [5.74, 6) is 0.313. The highest BCUT2D eigenvalue weighted by molar-refractivity contribution is 5.77. The van der Waals surface area contributed by atoms with Gasteiger partial charge in [0.05, 0.1) is 12.2 Å². The second kappa shape index (κ2) is 6.85. The van der Waals surface area contributed by atoms with Crippen molar-refractivity contribution >= 4 is 6.29 Å². The Labute approximate surface area is 118 Å². The van der Waals surface area contributed by atoms with E-state index in [1.54, 1.807) is 6.07 Å². The van der Waals surface area contributed by atoms with E-state index < -0.39 is 5.82 Å². The molecule has 0 aliphatic carbocycles. The summed E-state index contributed by atoms with van der Waals surface area (Å²) < 4.78 is 19.1. The van der Waals surface area contributed by atoms with Gasteiger partial charge in [-0.05, 0) is 41.8 Å². The van der Waals surface area contributed by atoms with Gasteiger partial charge in [-0.2, -0.15) is 0 Å². The van der Waals surface area contributed by atoms with Crippen LogP contribution in [-0.2, 0) is 0 Å². The Kier molecular flexibility index (Phi) is 4.88. The van der Waals surface area contributed by atoms with Gasteiger partial charge in [-0.1, -0.05) is 31.5 Å². The molecule has 2 nitrogen and oxygen atoms in total. The van der Waals surface area contributed by atoms with Gasteiger partial charge in [0.15, 0.2) is 6.29 Å². The van der Waals surface area contributed by atoms with Crippen LogP contribution in [0.3, 0.4) is 0 Å². The van der Waals surface area contributed by atoms with Gasteiger partial charge in [-0.3, -0.25) is 4.79 Å². The summed E-state index contributed by atoms with van der Waals surface area (Å²) in [6.07, 6.45) is 2.64. The third-order valence-electron chi connectivity index (χ3n) is 3.08. The van der Waals surface area contributed by atoms with E-state index in [2.05, 4.69) is 6.92 Å². The number of benzene rings is 2. The van der Waals surface area contributed by atoms with Crippen LogP contribution in [0.15, 0.2) is 42.5 Å². The van der Waals surface area contributed by atoms with E-state index in [9.17, 15) is 9.18 Å². The van der Waals surface area contributed by atoms with Crippen molar-refractivity contribution in [2.24, 2.45) is 0 Å². The normalized spacial score (nSPS) is 10.3. The number of unbranched alkanes of at least 4 members (excludes halogenated alkanes) is 1. The lowest BCUT2D eigenvalue weighted by atomic mass is 10.0. The van der Waals surface area contributed by atoms with Gasteiger partial charge in [-0.25, -0.2) is 4.39 Å². The van der Waals surface area contributed by atoms with Crippen molar-refractivity contribution in [2.75, 3.05) is 6.61 Å². The maximum atomic E-state index is 13.6. The molecule has 0 heterocycles. The summed E-state index contributed by atoms with van der Waals surface area (Å²) >= 11 is 0. The van der Waals surface area contributed by atoms with Crippen molar-refractivity contribution in [3.8, 4) is 16.9 Å². The molecule has 2 rings (SSSR count). The molecule has 0 N–H and O–H groups in total. The molecule has 0 spiro atoms. The van der Waals surface area contributed by atoms with E-state index in [1.165, 1.54) is 12.1 Å². The zero-order chi connectivity index (χ0) is 14.4. The maximum Gasteiger partial charge on any atom is 0.152 e. The average Bonchev–Trinajstić information content (AvgIpc) is 2.48. The first-order chi connectivity index (χ1) is 9.74. The third-order valence-corrected chi connectivity index (χ3v) is 3.08. The van der Waals surface area contributed by atoms with Gasteiger partial charge in [0, 0.05) is 0 Å². The summed E-state index contributed by atoms with van der Waals surface area (Å²) in [6, 6.07) is 12.1. The molecule has 20 heavy (non-hydrogen) atoms. The van der Waals surface area contributed by atoms with E-state index in [-0.39, 0.29) is 5.56 Å². The minimum Gasteiger partial charge on any atom is -0.494 e. The van der Waals surface area contributed by atoms with Crippen molar-refractivity contribution in [3.05, 3.63) is 53.8 Å². The van der Waals surface area contributed by atoms with E-state index in [4.69, 9.17) is 4.74 Å². The van der Waals surface area contributed by atoms with Crippen LogP contribution in [0.4, 0.5) is 4.39 Å². The quantitative estimate of drug-likeness (QED) is 0.572. The predicted octanol–water partition coefficient (Wildman–Crippen LogP) is 4.48. The molecule has 2 aromatic rings. The van der Waals surface area contributed by atoms with Gasteiger partial charge < -0.3 is 4.74 Å². The Morgan fingerprint density at radius 1 is 1.10 bits per heavy atom. The van der Waals surface area contributed by atoms with Crippen molar-refractivity contribution in [1.82, 2.24) is 0 Å². The second-order valence-electron chi connectivity index (χ2n) is 4.58. The number of aldehydes is 1. The standard InChI is InChI=1S/C17H17FO2/c1-2-3-10-20-16-8-6-13(7-9-16)14-4-5-15(12-19)17(18)11-14/h4-9,11-12H,2-3,10H2,1H3. The Bertz CT molecular complexity index is 576. The Hall–Kier alpha value is -2.16. The van der Waals surface area contributed by atoms with E-state index in [0.717, 1.165) is 29.7 Å². The number of carbonyl (C=O) groups is 1. The average molecular weight is 272 g/mol. The molecule has 0 unspecified atom stereocenters. The lowest BCUT2D eigenvalue weighted by Gasteiger charge is -2.07. The highest BCUT2D eigenvalue weighted by Crippen LogP contribution is 2.24. The minimum atomic E-state index is -0.499. The highest BCUT2D eigenvalue weighted by Gasteiger charge is 2.04. The zero-order valence-corrected chi connectivity index (χ0v) is 11.4. The number of hydrogen-bond donors (Lipinski definition) is 0. The van der Waals surface area contributed by atoms with Crippen LogP contribution >= 0.6 is 0 Å². The van der Waals surface area contributed by atoms with E-state index in [0.29, 0.717) is 12.9 Å². The van der Waals surface area contributed by atoms with Gasteiger partial charge in [0.1, 0.15) is 11.6 Å². The first kappa shape index (κ1) is 14.3. The summed E-state index contributed by atoms with van der Waals surface area (Å²) in [4.78, 5) is 10.6. The first-order valence-corrected chi connectivity index (χ1v) is 6.72. The number of ether oxygens (including phenoxy) is 1. The minimum absolute atomic E-state index is 0.0771. The van der Waals surface area contributed by atoms with Crippen molar-refractivity contribution in [1.29, 1.82) is 0 Å². The summed E-state index contributed by atoms with van der Waals surface area (Å²) in [6.45, 7) is 2.82.